The van der Waals surface area contributed by atoms with Gasteiger partial charge in [-0.25, -0.2) is 0 Å². The van der Waals surface area contributed by atoms with Gasteiger partial charge in [0.1, 0.15) is 0 Å². The summed E-state index contributed by atoms with van der Waals surface area (Å²) in [4.78, 5) is 1.46. The molecule has 1 aliphatic rings. The number of nitrogens with two attached hydrogens (primary N) is 1. The van der Waals surface area contributed by atoms with Gasteiger partial charge in [0.05, 0.1) is 0 Å². The Morgan fingerprint density at radius 3 is 2.76 bits per heavy atom. The van der Waals surface area contributed by atoms with Crippen molar-refractivity contribution in [2.75, 3.05) is 0 Å². The summed E-state index contributed by atoms with van der Waals surface area (Å²) in [6.07, 6.45) is 10.4. The fourth-order valence-corrected chi connectivity index (χ4v) is 3.83. The van der Waals surface area contributed by atoms with Crippen molar-refractivity contribution in [3.8, 4) is 0 Å². The van der Waals surface area contributed by atoms with Crippen LogP contribution in [0.15, 0.2) is 17.5 Å². The molecule has 0 aromatic carbocycles. The van der Waals surface area contributed by atoms with E-state index in [1.165, 1.54) is 49.8 Å². The van der Waals surface area contributed by atoms with Gasteiger partial charge in [-0.15, -0.1) is 11.3 Å². The van der Waals surface area contributed by atoms with Crippen LogP contribution in [0, 0.1) is 5.92 Å². The van der Waals surface area contributed by atoms with Crippen molar-refractivity contribution in [2.45, 2.75) is 63.8 Å². The lowest BCUT2D eigenvalue weighted by molar-refractivity contribution is 0.222. The van der Waals surface area contributed by atoms with Crippen LogP contribution < -0.4 is 5.73 Å². The van der Waals surface area contributed by atoms with E-state index in [1.54, 1.807) is 0 Å². The second-order valence-corrected chi connectivity index (χ2v) is 6.74. The third-order valence-electron chi connectivity index (χ3n) is 4.17. The molecule has 0 spiro atoms. The van der Waals surface area contributed by atoms with Gasteiger partial charge in [-0.3, -0.25) is 0 Å². The lowest BCUT2D eigenvalue weighted by atomic mass is 9.74. The third-order valence-corrected chi connectivity index (χ3v) is 5.05. The molecule has 0 atom stereocenters. The van der Waals surface area contributed by atoms with Crippen LogP contribution >= 0.6 is 11.3 Å². The maximum absolute atomic E-state index is 6.55. The molecule has 0 aliphatic heterocycles. The fourth-order valence-electron chi connectivity index (χ4n) is 2.97. The second kappa shape index (κ2) is 6.01. The van der Waals surface area contributed by atoms with E-state index >= 15 is 0 Å². The maximum atomic E-state index is 6.55. The van der Waals surface area contributed by atoms with E-state index in [-0.39, 0.29) is 5.54 Å². The summed E-state index contributed by atoms with van der Waals surface area (Å²) in [5.74, 6) is 0.954. The average molecular weight is 251 g/mol. The highest BCUT2D eigenvalue weighted by molar-refractivity contribution is 7.09. The zero-order valence-electron chi connectivity index (χ0n) is 11.0. The van der Waals surface area contributed by atoms with Crippen molar-refractivity contribution in [1.29, 1.82) is 0 Å². The van der Waals surface area contributed by atoms with Crippen LogP contribution in [-0.4, -0.2) is 5.54 Å². The molecule has 1 heterocycles. The van der Waals surface area contributed by atoms with Gasteiger partial charge in [0, 0.05) is 10.4 Å². The van der Waals surface area contributed by atoms with Gasteiger partial charge >= 0.3 is 0 Å². The quantitative estimate of drug-likeness (QED) is 0.826. The van der Waals surface area contributed by atoms with Gasteiger partial charge in [0.2, 0.25) is 0 Å². The highest BCUT2D eigenvalue weighted by atomic mass is 32.1. The highest BCUT2D eigenvalue weighted by Gasteiger charge is 2.31. The standard InChI is InChI=1S/C15H25NS/c1-2-3-5-13-7-9-15(16,10-8-13)12-14-6-4-11-17-14/h4,6,11,13H,2-3,5,7-10,12,16H2,1H3. The Balaban J connectivity index is 1.80. The average Bonchev–Trinajstić information content (AvgIpc) is 2.81. The van der Waals surface area contributed by atoms with Crippen LogP contribution in [0.4, 0.5) is 0 Å². The van der Waals surface area contributed by atoms with Crippen molar-refractivity contribution in [3.05, 3.63) is 22.4 Å². The van der Waals surface area contributed by atoms with Crippen molar-refractivity contribution in [2.24, 2.45) is 11.7 Å². The molecule has 0 saturated heterocycles. The van der Waals surface area contributed by atoms with Gasteiger partial charge in [0.25, 0.3) is 0 Å². The Morgan fingerprint density at radius 2 is 2.18 bits per heavy atom. The van der Waals surface area contributed by atoms with Crippen LogP contribution in [0.5, 0.6) is 0 Å². The molecule has 2 rings (SSSR count). The minimum atomic E-state index is 0.0908. The fraction of sp³-hybridized carbons (Fsp3) is 0.733. The molecule has 2 heteroatoms. The normalized spacial score (nSPS) is 29.4. The van der Waals surface area contributed by atoms with Crippen LogP contribution in [-0.2, 0) is 6.42 Å². The van der Waals surface area contributed by atoms with Crippen molar-refractivity contribution in [1.82, 2.24) is 0 Å². The summed E-state index contributed by atoms with van der Waals surface area (Å²) in [7, 11) is 0. The zero-order chi connectivity index (χ0) is 12.1. The molecular formula is C15H25NS. The van der Waals surface area contributed by atoms with Gasteiger partial charge in [-0.2, -0.15) is 0 Å². The largest absolute Gasteiger partial charge is 0.325 e. The Kier molecular flexibility index (Phi) is 4.63. The first-order chi connectivity index (χ1) is 8.22. The number of hydrogen-bond donors (Lipinski definition) is 1. The summed E-state index contributed by atoms with van der Waals surface area (Å²) >= 11 is 1.85. The molecule has 0 unspecified atom stereocenters. The van der Waals surface area contributed by atoms with Crippen molar-refractivity contribution >= 4 is 11.3 Å². The van der Waals surface area contributed by atoms with Gasteiger partial charge in [-0.1, -0.05) is 32.3 Å². The smallest absolute Gasteiger partial charge is 0.0203 e. The van der Waals surface area contributed by atoms with Crippen LogP contribution in [0.25, 0.3) is 0 Å². The zero-order valence-corrected chi connectivity index (χ0v) is 11.8. The van der Waals surface area contributed by atoms with E-state index in [1.807, 2.05) is 11.3 Å². The molecular weight excluding hydrogens is 226 g/mol. The van der Waals surface area contributed by atoms with E-state index in [9.17, 15) is 0 Å². The van der Waals surface area contributed by atoms with Gasteiger partial charge in [-0.05, 0) is 49.5 Å². The number of rotatable bonds is 5. The first-order valence-corrected chi connectivity index (χ1v) is 7.91. The molecule has 1 nitrogen and oxygen atoms in total. The summed E-state index contributed by atoms with van der Waals surface area (Å²) in [6, 6.07) is 4.36. The molecule has 2 N–H and O–H groups in total. The predicted molar refractivity (Wildman–Crippen MR) is 76.4 cm³/mol. The molecule has 1 aliphatic carbocycles. The molecule has 1 aromatic heterocycles. The third kappa shape index (κ3) is 3.82. The van der Waals surface area contributed by atoms with Gasteiger partial charge < -0.3 is 5.73 Å². The number of hydrogen-bond acceptors (Lipinski definition) is 2. The molecule has 0 bridgehead atoms. The first kappa shape index (κ1) is 13.1. The second-order valence-electron chi connectivity index (χ2n) is 5.70. The van der Waals surface area contributed by atoms with Crippen LogP contribution in [0.3, 0.4) is 0 Å². The lowest BCUT2D eigenvalue weighted by Crippen LogP contribution is -2.45. The number of thiophene rings is 1. The molecule has 1 aromatic rings. The monoisotopic (exact) mass is 251 g/mol. The van der Waals surface area contributed by atoms with Crippen molar-refractivity contribution in [3.63, 3.8) is 0 Å². The molecule has 0 radical (unpaired) electrons. The van der Waals surface area contributed by atoms with E-state index in [2.05, 4.69) is 24.4 Å². The SMILES string of the molecule is CCCCC1CCC(N)(Cc2cccs2)CC1. The van der Waals surface area contributed by atoms with E-state index < -0.39 is 0 Å². The van der Waals surface area contributed by atoms with Crippen molar-refractivity contribution < 1.29 is 0 Å². The summed E-state index contributed by atoms with van der Waals surface area (Å²) in [5.41, 5.74) is 6.64. The summed E-state index contributed by atoms with van der Waals surface area (Å²) < 4.78 is 0. The van der Waals surface area contributed by atoms with E-state index in [0.29, 0.717) is 0 Å². The maximum Gasteiger partial charge on any atom is 0.0203 e. The number of unbranched alkanes of at least 4 members (excludes halogenated alkanes) is 1. The molecule has 0 amide bonds. The predicted octanol–water partition coefficient (Wildman–Crippen LogP) is 4.37. The Labute approximate surface area is 109 Å². The molecule has 1 fully saturated rings. The lowest BCUT2D eigenvalue weighted by Gasteiger charge is -2.37. The minimum Gasteiger partial charge on any atom is -0.325 e. The van der Waals surface area contributed by atoms with E-state index in [4.69, 9.17) is 5.73 Å². The van der Waals surface area contributed by atoms with Crippen LogP contribution in [0.1, 0.15) is 56.7 Å². The molecule has 17 heavy (non-hydrogen) atoms. The highest BCUT2D eigenvalue weighted by Crippen LogP contribution is 2.35. The first-order valence-electron chi connectivity index (χ1n) is 7.03. The molecule has 1 saturated carbocycles. The summed E-state index contributed by atoms with van der Waals surface area (Å²) in [5, 5.41) is 2.16. The summed E-state index contributed by atoms with van der Waals surface area (Å²) in [6.45, 7) is 2.28. The Bertz CT molecular complexity index is 310. The topological polar surface area (TPSA) is 26.0 Å². The minimum absolute atomic E-state index is 0.0908. The van der Waals surface area contributed by atoms with Crippen LogP contribution in [0.2, 0.25) is 0 Å². The Morgan fingerprint density at radius 1 is 1.41 bits per heavy atom. The van der Waals surface area contributed by atoms with Gasteiger partial charge in [0.15, 0.2) is 0 Å². The Hall–Kier alpha value is -0.340. The molecule has 96 valence electrons. The van der Waals surface area contributed by atoms with E-state index in [0.717, 1.165) is 12.3 Å².